The first-order valence-electron chi connectivity index (χ1n) is 7.36. The molecule has 0 unspecified atom stereocenters. The highest BCUT2D eigenvalue weighted by molar-refractivity contribution is 5.93. The first-order valence-corrected chi connectivity index (χ1v) is 7.36. The molecule has 0 aliphatic rings. The molecular formula is C16H19N5O4. The van der Waals surface area contributed by atoms with Gasteiger partial charge in [0.25, 0.3) is 0 Å². The Kier molecular flexibility index (Phi) is 5.50. The summed E-state index contributed by atoms with van der Waals surface area (Å²) in [4.78, 5) is 19.6. The Hall–Kier alpha value is -3.20. The first kappa shape index (κ1) is 18.1. The molecule has 9 heteroatoms. The topological polar surface area (TPSA) is 129 Å². The van der Waals surface area contributed by atoms with Crippen LogP contribution in [0.1, 0.15) is 26.5 Å². The van der Waals surface area contributed by atoms with E-state index >= 15 is 0 Å². The molecule has 1 heterocycles. The molecule has 132 valence electrons. The third-order valence-electron chi connectivity index (χ3n) is 2.71. The quantitative estimate of drug-likeness (QED) is 0.381. The van der Waals surface area contributed by atoms with Gasteiger partial charge in [-0.25, -0.2) is 14.8 Å². The minimum atomic E-state index is -0.596. The molecule has 2 aromatic rings. The number of rotatable bonds is 4. The number of ether oxygens (including phenoxy) is 2. The van der Waals surface area contributed by atoms with E-state index in [1.165, 1.54) is 12.4 Å². The minimum absolute atomic E-state index is 0.163. The lowest BCUT2D eigenvalue weighted by atomic mass is 10.2. The summed E-state index contributed by atoms with van der Waals surface area (Å²) in [5.41, 5.74) is 1.76. The molecule has 1 amide bonds. The summed E-state index contributed by atoms with van der Waals surface area (Å²) in [7, 11) is 0. The van der Waals surface area contributed by atoms with Gasteiger partial charge in [-0.05, 0) is 32.9 Å². The smallest absolute Gasteiger partial charge is 0.412 e. The number of hydroxylamine groups is 1. The zero-order chi connectivity index (χ0) is 18.4. The Morgan fingerprint density at radius 1 is 1.24 bits per heavy atom. The van der Waals surface area contributed by atoms with E-state index in [9.17, 15) is 4.79 Å². The second-order valence-electron chi connectivity index (χ2n) is 5.99. The number of anilines is 1. The number of amidine groups is 1. The molecule has 0 spiro atoms. The van der Waals surface area contributed by atoms with E-state index in [2.05, 4.69) is 15.3 Å². The van der Waals surface area contributed by atoms with Crippen LogP contribution in [-0.2, 0) is 4.74 Å². The predicted octanol–water partition coefficient (Wildman–Crippen LogP) is 2.92. The summed E-state index contributed by atoms with van der Waals surface area (Å²) in [5.74, 6) is 0.314. The van der Waals surface area contributed by atoms with Crippen molar-refractivity contribution in [2.24, 2.45) is 0 Å². The molecule has 0 aliphatic carbocycles. The van der Waals surface area contributed by atoms with Gasteiger partial charge in [0.1, 0.15) is 23.4 Å². The van der Waals surface area contributed by atoms with E-state index < -0.39 is 11.7 Å². The molecule has 0 atom stereocenters. The molecule has 0 saturated heterocycles. The molecule has 0 fully saturated rings. The van der Waals surface area contributed by atoms with Gasteiger partial charge < -0.3 is 9.47 Å². The van der Waals surface area contributed by atoms with Crippen molar-refractivity contribution in [1.82, 2.24) is 15.4 Å². The standard InChI is InChI=1S/C16H19N5O4/c1-16(2,3)25-15(22)20-10-5-4-6-11(7-10)24-13-8-12(14(17)21-23)18-9-19-13/h4-9,23H,1-3H3,(H2,17,21)(H,20,22). The van der Waals surface area contributed by atoms with Crippen molar-refractivity contribution in [1.29, 1.82) is 5.41 Å². The predicted molar refractivity (Wildman–Crippen MR) is 90.2 cm³/mol. The third kappa shape index (κ3) is 5.74. The zero-order valence-electron chi connectivity index (χ0n) is 14.0. The molecule has 9 nitrogen and oxygen atoms in total. The molecule has 0 bridgehead atoms. The number of nitrogens with one attached hydrogen (secondary N) is 3. The zero-order valence-corrected chi connectivity index (χ0v) is 14.0. The number of nitrogens with zero attached hydrogens (tertiary/aromatic N) is 2. The molecular weight excluding hydrogens is 326 g/mol. The summed E-state index contributed by atoms with van der Waals surface area (Å²) < 4.78 is 10.8. The monoisotopic (exact) mass is 345 g/mol. The van der Waals surface area contributed by atoms with E-state index in [1.54, 1.807) is 50.5 Å². The van der Waals surface area contributed by atoms with E-state index in [0.717, 1.165) is 0 Å². The Labute approximate surface area is 144 Å². The van der Waals surface area contributed by atoms with Gasteiger partial charge in [-0.1, -0.05) is 6.07 Å². The normalized spacial score (nSPS) is 10.7. The van der Waals surface area contributed by atoms with Crippen LogP contribution in [0.25, 0.3) is 0 Å². The van der Waals surface area contributed by atoms with Crippen LogP contribution >= 0.6 is 0 Å². The number of aromatic nitrogens is 2. The van der Waals surface area contributed by atoms with Crippen molar-refractivity contribution in [3.63, 3.8) is 0 Å². The minimum Gasteiger partial charge on any atom is -0.444 e. The van der Waals surface area contributed by atoms with Gasteiger partial charge in [-0.3, -0.25) is 21.4 Å². The van der Waals surface area contributed by atoms with E-state index in [-0.39, 0.29) is 17.4 Å². The number of benzene rings is 1. The fourth-order valence-electron chi connectivity index (χ4n) is 1.77. The highest BCUT2D eigenvalue weighted by atomic mass is 16.6. The highest BCUT2D eigenvalue weighted by Gasteiger charge is 2.16. The van der Waals surface area contributed by atoms with E-state index in [1.807, 2.05) is 0 Å². The van der Waals surface area contributed by atoms with Crippen LogP contribution in [0.15, 0.2) is 36.7 Å². The number of carbonyl (C=O) groups is 1. The fraction of sp³-hybridized carbons (Fsp3) is 0.250. The van der Waals surface area contributed by atoms with Crippen LogP contribution in [0.4, 0.5) is 10.5 Å². The van der Waals surface area contributed by atoms with Gasteiger partial charge in [-0.2, -0.15) is 0 Å². The molecule has 1 aromatic heterocycles. The van der Waals surface area contributed by atoms with Crippen molar-refractivity contribution in [3.8, 4) is 11.6 Å². The van der Waals surface area contributed by atoms with Crippen LogP contribution < -0.4 is 15.5 Å². The van der Waals surface area contributed by atoms with Crippen molar-refractivity contribution >= 4 is 17.6 Å². The molecule has 0 saturated carbocycles. The average molecular weight is 345 g/mol. The Bertz CT molecular complexity index is 773. The summed E-state index contributed by atoms with van der Waals surface area (Å²) in [6.07, 6.45) is 0.635. The van der Waals surface area contributed by atoms with Crippen LogP contribution in [-0.4, -0.2) is 32.7 Å². The highest BCUT2D eigenvalue weighted by Crippen LogP contribution is 2.23. The first-order chi connectivity index (χ1) is 11.8. The van der Waals surface area contributed by atoms with Crippen LogP contribution in [0, 0.1) is 5.41 Å². The lowest BCUT2D eigenvalue weighted by Crippen LogP contribution is -2.27. The van der Waals surface area contributed by atoms with Crippen molar-refractivity contribution in [3.05, 3.63) is 42.4 Å². The molecule has 25 heavy (non-hydrogen) atoms. The fourth-order valence-corrected chi connectivity index (χ4v) is 1.77. The summed E-state index contributed by atoms with van der Waals surface area (Å²) >= 11 is 0. The molecule has 0 aliphatic heterocycles. The summed E-state index contributed by atoms with van der Waals surface area (Å²) in [5, 5.41) is 18.8. The van der Waals surface area contributed by atoms with Gasteiger partial charge in [0.15, 0.2) is 5.84 Å². The number of hydrogen-bond acceptors (Lipinski definition) is 7. The molecule has 2 rings (SSSR count). The second kappa shape index (κ2) is 7.58. The van der Waals surface area contributed by atoms with Gasteiger partial charge in [-0.15, -0.1) is 0 Å². The van der Waals surface area contributed by atoms with Crippen molar-refractivity contribution < 1.29 is 19.5 Å². The second-order valence-corrected chi connectivity index (χ2v) is 5.99. The van der Waals surface area contributed by atoms with Gasteiger partial charge in [0.05, 0.1) is 0 Å². The van der Waals surface area contributed by atoms with Crippen LogP contribution in [0.5, 0.6) is 11.6 Å². The van der Waals surface area contributed by atoms with Gasteiger partial charge in [0, 0.05) is 17.8 Å². The Morgan fingerprint density at radius 3 is 2.68 bits per heavy atom. The van der Waals surface area contributed by atoms with E-state index in [0.29, 0.717) is 11.4 Å². The number of carbonyl (C=O) groups excluding carboxylic acids is 1. The lowest BCUT2D eigenvalue weighted by molar-refractivity contribution is 0.0636. The van der Waals surface area contributed by atoms with Crippen molar-refractivity contribution in [2.75, 3.05) is 5.32 Å². The molecule has 0 radical (unpaired) electrons. The van der Waals surface area contributed by atoms with Gasteiger partial charge >= 0.3 is 6.09 Å². The number of amides is 1. The van der Waals surface area contributed by atoms with Crippen molar-refractivity contribution in [2.45, 2.75) is 26.4 Å². The molecule has 4 N–H and O–H groups in total. The summed E-state index contributed by atoms with van der Waals surface area (Å²) in [6.45, 7) is 5.33. The van der Waals surface area contributed by atoms with Crippen LogP contribution in [0.3, 0.4) is 0 Å². The van der Waals surface area contributed by atoms with Crippen LogP contribution in [0.2, 0.25) is 0 Å². The SMILES string of the molecule is CC(C)(C)OC(=O)Nc1cccc(Oc2cc(C(=N)NO)ncn2)c1. The Morgan fingerprint density at radius 2 is 2.00 bits per heavy atom. The largest absolute Gasteiger partial charge is 0.444 e. The average Bonchev–Trinajstić information content (AvgIpc) is 2.52. The maximum Gasteiger partial charge on any atom is 0.412 e. The van der Waals surface area contributed by atoms with Gasteiger partial charge in [0.2, 0.25) is 5.88 Å². The molecule has 1 aromatic carbocycles. The maximum absolute atomic E-state index is 11.8. The Balaban J connectivity index is 2.09. The third-order valence-corrected chi connectivity index (χ3v) is 2.71. The maximum atomic E-state index is 11.8. The van der Waals surface area contributed by atoms with E-state index in [4.69, 9.17) is 20.1 Å². The lowest BCUT2D eigenvalue weighted by Gasteiger charge is -2.19. The number of hydrogen-bond donors (Lipinski definition) is 4. The summed E-state index contributed by atoms with van der Waals surface area (Å²) in [6, 6.07) is 8.05.